The van der Waals surface area contributed by atoms with Crippen molar-refractivity contribution in [2.24, 2.45) is 5.73 Å². The first kappa shape index (κ1) is 14.5. The minimum Gasteiger partial charge on any atom is -0.326 e. The van der Waals surface area contributed by atoms with E-state index in [0.29, 0.717) is 18.8 Å². The molecule has 0 radical (unpaired) electrons. The molecule has 15 heavy (non-hydrogen) atoms. The number of halogens is 4. The molecule has 0 saturated carbocycles. The summed E-state index contributed by atoms with van der Waals surface area (Å²) >= 11 is 0. The molecule has 0 aliphatic carbocycles. The molecule has 2 rings (SSSR count). The average molecular weight is 261 g/mol. The van der Waals surface area contributed by atoms with Crippen molar-refractivity contribution in [1.82, 2.24) is 14.8 Å². The standard InChI is InChI=1S/C7H10F2N4.2ClH/c8-6(9)7-12-11-5-2-1-4(10)3-13(5)7;;/h4,6H,1-3,10H2;2*1H. The van der Waals surface area contributed by atoms with Gasteiger partial charge in [0.2, 0.25) is 0 Å². The highest BCUT2D eigenvalue weighted by atomic mass is 35.5. The van der Waals surface area contributed by atoms with E-state index < -0.39 is 6.43 Å². The molecule has 4 nitrogen and oxygen atoms in total. The monoisotopic (exact) mass is 260 g/mol. The van der Waals surface area contributed by atoms with Crippen LogP contribution >= 0.6 is 24.8 Å². The van der Waals surface area contributed by atoms with Crippen molar-refractivity contribution in [2.75, 3.05) is 0 Å². The summed E-state index contributed by atoms with van der Waals surface area (Å²) in [6, 6.07) is -0.0546. The van der Waals surface area contributed by atoms with Crippen LogP contribution in [0.4, 0.5) is 8.78 Å². The zero-order valence-corrected chi connectivity index (χ0v) is 9.40. The minimum absolute atomic E-state index is 0. The van der Waals surface area contributed by atoms with Gasteiger partial charge in [-0.3, -0.25) is 0 Å². The smallest absolute Gasteiger partial charge is 0.297 e. The lowest BCUT2D eigenvalue weighted by atomic mass is 10.1. The van der Waals surface area contributed by atoms with Crippen molar-refractivity contribution in [3.8, 4) is 0 Å². The maximum Gasteiger partial charge on any atom is 0.297 e. The van der Waals surface area contributed by atoms with E-state index in [1.54, 1.807) is 0 Å². The molecule has 2 N–H and O–H groups in total. The van der Waals surface area contributed by atoms with Gasteiger partial charge in [-0.25, -0.2) is 8.78 Å². The molecule has 0 spiro atoms. The summed E-state index contributed by atoms with van der Waals surface area (Å²) in [4.78, 5) is 0. The SMILES string of the molecule is Cl.Cl.NC1CCc2nnc(C(F)F)n2C1. The second kappa shape index (κ2) is 5.58. The lowest BCUT2D eigenvalue weighted by Gasteiger charge is -2.20. The quantitative estimate of drug-likeness (QED) is 0.829. The van der Waals surface area contributed by atoms with E-state index >= 15 is 0 Å². The number of hydrogen-bond acceptors (Lipinski definition) is 3. The number of rotatable bonds is 1. The Morgan fingerprint density at radius 2 is 2.00 bits per heavy atom. The number of aromatic nitrogens is 3. The van der Waals surface area contributed by atoms with Gasteiger partial charge in [-0.2, -0.15) is 0 Å². The molecule has 88 valence electrons. The average Bonchev–Trinajstić information content (AvgIpc) is 2.46. The van der Waals surface area contributed by atoms with Gasteiger partial charge in [-0.05, 0) is 6.42 Å². The summed E-state index contributed by atoms with van der Waals surface area (Å²) in [5.74, 6) is 0.363. The number of fused-ring (bicyclic) bond motifs is 1. The highest BCUT2D eigenvalue weighted by Gasteiger charge is 2.24. The molecule has 1 atom stereocenters. The van der Waals surface area contributed by atoms with E-state index in [4.69, 9.17) is 5.73 Å². The van der Waals surface area contributed by atoms with Crippen molar-refractivity contribution in [2.45, 2.75) is 31.9 Å². The van der Waals surface area contributed by atoms with Crippen LogP contribution in [0.15, 0.2) is 0 Å². The van der Waals surface area contributed by atoms with Gasteiger partial charge in [-0.15, -0.1) is 35.0 Å². The van der Waals surface area contributed by atoms with Gasteiger partial charge in [0.15, 0.2) is 5.82 Å². The van der Waals surface area contributed by atoms with Crippen LogP contribution in [0.25, 0.3) is 0 Å². The van der Waals surface area contributed by atoms with E-state index in [2.05, 4.69) is 10.2 Å². The summed E-state index contributed by atoms with van der Waals surface area (Å²) in [7, 11) is 0. The van der Waals surface area contributed by atoms with Crippen LogP contribution in [0.2, 0.25) is 0 Å². The fourth-order valence-electron chi connectivity index (χ4n) is 1.53. The van der Waals surface area contributed by atoms with E-state index in [-0.39, 0.29) is 36.7 Å². The number of alkyl halides is 2. The van der Waals surface area contributed by atoms with Crippen LogP contribution < -0.4 is 5.73 Å². The second-order valence-corrected chi connectivity index (χ2v) is 3.18. The Kier molecular flexibility index (Phi) is 5.41. The maximum atomic E-state index is 12.4. The fourth-order valence-corrected chi connectivity index (χ4v) is 1.53. The van der Waals surface area contributed by atoms with Crippen LogP contribution in [0.1, 0.15) is 24.5 Å². The number of nitrogens with two attached hydrogens (primary N) is 1. The van der Waals surface area contributed by atoms with Crippen LogP contribution in [0, 0.1) is 0 Å². The molecule has 1 aromatic heterocycles. The van der Waals surface area contributed by atoms with Gasteiger partial charge in [0, 0.05) is 19.0 Å². The second-order valence-electron chi connectivity index (χ2n) is 3.18. The highest BCUT2D eigenvalue weighted by Crippen LogP contribution is 2.21. The van der Waals surface area contributed by atoms with E-state index in [0.717, 1.165) is 6.42 Å². The van der Waals surface area contributed by atoms with Crippen LogP contribution in [-0.4, -0.2) is 20.8 Å². The summed E-state index contributed by atoms with van der Waals surface area (Å²) in [5.41, 5.74) is 5.66. The van der Waals surface area contributed by atoms with Crippen molar-refractivity contribution in [3.05, 3.63) is 11.6 Å². The van der Waals surface area contributed by atoms with Crippen LogP contribution in [0.5, 0.6) is 0 Å². The van der Waals surface area contributed by atoms with Gasteiger partial charge in [0.05, 0.1) is 0 Å². The van der Waals surface area contributed by atoms with Crippen molar-refractivity contribution >= 4 is 24.8 Å². The highest BCUT2D eigenvalue weighted by molar-refractivity contribution is 5.85. The van der Waals surface area contributed by atoms with Gasteiger partial charge < -0.3 is 10.3 Å². The molecule has 1 aliphatic heterocycles. The molecular formula is C7H12Cl2F2N4. The first-order chi connectivity index (χ1) is 6.18. The molecule has 0 aromatic carbocycles. The Morgan fingerprint density at radius 1 is 1.33 bits per heavy atom. The van der Waals surface area contributed by atoms with E-state index in [1.807, 2.05) is 0 Å². The minimum atomic E-state index is -2.56. The first-order valence-electron chi connectivity index (χ1n) is 4.14. The maximum absolute atomic E-state index is 12.4. The van der Waals surface area contributed by atoms with E-state index in [9.17, 15) is 8.78 Å². The molecule has 2 heterocycles. The zero-order valence-electron chi connectivity index (χ0n) is 7.77. The van der Waals surface area contributed by atoms with Crippen molar-refractivity contribution in [1.29, 1.82) is 0 Å². The van der Waals surface area contributed by atoms with Gasteiger partial charge in [0.25, 0.3) is 6.43 Å². The number of hydrogen-bond donors (Lipinski definition) is 1. The van der Waals surface area contributed by atoms with Crippen LogP contribution in [-0.2, 0) is 13.0 Å². The molecule has 0 saturated heterocycles. The summed E-state index contributed by atoms with van der Waals surface area (Å²) in [5, 5.41) is 7.13. The third kappa shape index (κ3) is 2.76. The Hall–Kier alpha value is -0.460. The first-order valence-corrected chi connectivity index (χ1v) is 4.14. The van der Waals surface area contributed by atoms with Gasteiger partial charge >= 0.3 is 0 Å². The number of nitrogens with zero attached hydrogens (tertiary/aromatic N) is 3. The van der Waals surface area contributed by atoms with Gasteiger partial charge in [0.1, 0.15) is 5.82 Å². The lowest BCUT2D eigenvalue weighted by Crippen LogP contribution is -2.32. The van der Waals surface area contributed by atoms with Gasteiger partial charge in [-0.1, -0.05) is 0 Å². The third-order valence-corrected chi connectivity index (χ3v) is 2.21. The Morgan fingerprint density at radius 3 is 2.60 bits per heavy atom. The molecule has 1 aliphatic rings. The van der Waals surface area contributed by atoms with Crippen molar-refractivity contribution in [3.63, 3.8) is 0 Å². The summed E-state index contributed by atoms with van der Waals surface area (Å²) in [6.07, 6.45) is -1.13. The fraction of sp³-hybridized carbons (Fsp3) is 0.714. The molecule has 0 bridgehead atoms. The Labute approximate surface area is 98.1 Å². The number of aryl methyl sites for hydroxylation is 1. The normalized spacial score (nSPS) is 19.1. The topological polar surface area (TPSA) is 56.7 Å². The van der Waals surface area contributed by atoms with Crippen LogP contribution in [0.3, 0.4) is 0 Å². The zero-order chi connectivity index (χ0) is 9.42. The molecule has 1 aromatic rings. The Balaban J connectivity index is 0.000000980. The largest absolute Gasteiger partial charge is 0.326 e. The predicted octanol–water partition coefficient (Wildman–Crippen LogP) is 1.33. The molecular weight excluding hydrogens is 249 g/mol. The third-order valence-electron chi connectivity index (χ3n) is 2.21. The molecule has 0 amide bonds. The molecule has 1 unspecified atom stereocenters. The lowest BCUT2D eigenvalue weighted by molar-refractivity contribution is 0.133. The molecule has 8 heteroatoms. The predicted molar refractivity (Wildman–Crippen MR) is 55.8 cm³/mol. The summed E-state index contributed by atoms with van der Waals surface area (Å²) < 4.78 is 26.1. The summed E-state index contributed by atoms with van der Waals surface area (Å²) in [6.45, 7) is 0.405. The Bertz CT molecular complexity index is 318. The molecule has 0 fully saturated rings. The van der Waals surface area contributed by atoms with Crippen molar-refractivity contribution < 1.29 is 8.78 Å². The van der Waals surface area contributed by atoms with E-state index in [1.165, 1.54) is 4.57 Å².